The molecule has 2 rings (SSSR count). The van der Waals surface area contributed by atoms with Gasteiger partial charge in [-0.05, 0) is 23.3 Å². The van der Waals surface area contributed by atoms with Crippen LogP contribution in [0, 0.1) is 0 Å². The van der Waals surface area contributed by atoms with Crippen molar-refractivity contribution >= 4 is 22.9 Å². The number of ether oxygens (including phenoxy) is 2. The lowest BCUT2D eigenvalue weighted by molar-refractivity contribution is 0.284. The lowest BCUT2D eigenvalue weighted by Crippen LogP contribution is -2.22. The summed E-state index contributed by atoms with van der Waals surface area (Å²) in [7, 11) is 1.61. The molecule has 0 aliphatic rings. The third-order valence-corrected chi connectivity index (χ3v) is 2.91. The van der Waals surface area contributed by atoms with Gasteiger partial charge in [0.25, 0.3) is 0 Å². The molecule has 5 nitrogen and oxygen atoms in total. The maximum absolute atomic E-state index is 5.78. The molecule has 4 N–H and O–H groups in total. The van der Waals surface area contributed by atoms with Gasteiger partial charge in [-0.25, -0.2) is 4.99 Å². The predicted octanol–water partition coefficient (Wildman–Crippen LogP) is 2.63. The first kappa shape index (κ1) is 17.8. The van der Waals surface area contributed by atoms with Crippen LogP contribution >= 0.6 is 17.0 Å². The molecule has 0 spiro atoms. The van der Waals surface area contributed by atoms with Crippen LogP contribution in [0.3, 0.4) is 0 Å². The summed E-state index contributed by atoms with van der Waals surface area (Å²) in [5.74, 6) is 1.42. The fraction of sp³-hybridized carbons (Fsp3) is 0.188. The first-order valence-electron chi connectivity index (χ1n) is 6.58. The van der Waals surface area contributed by atoms with E-state index in [0.717, 1.165) is 11.1 Å². The summed E-state index contributed by atoms with van der Waals surface area (Å²) in [6.45, 7) is 0.905. The molecule has 22 heavy (non-hydrogen) atoms. The molecule has 0 aliphatic heterocycles. The smallest absolute Gasteiger partial charge is 0.186 e. The SMILES string of the molecule is Br.COc1cc(CN=C(N)N)ccc1OCc1ccccc1. The first-order valence-corrected chi connectivity index (χ1v) is 6.58. The fourth-order valence-electron chi connectivity index (χ4n) is 1.85. The maximum atomic E-state index is 5.78. The first-order chi connectivity index (χ1) is 10.2. The largest absolute Gasteiger partial charge is 0.493 e. The number of guanidine groups is 1. The van der Waals surface area contributed by atoms with Gasteiger partial charge in [0.1, 0.15) is 6.61 Å². The molecule has 0 aliphatic carbocycles. The lowest BCUT2D eigenvalue weighted by Gasteiger charge is -2.12. The molecule has 2 aromatic carbocycles. The van der Waals surface area contributed by atoms with E-state index in [0.29, 0.717) is 24.7 Å². The number of benzene rings is 2. The van der Waals surface area contributed by atoms with Crippen molar-refractivity contribution in [2.45, 2.75) is 13.2 Å². The van der Waals surface area contributed by atoms with Crippen molar-refractivity contribution in [3.63, 3.8) is 0 Å². The van der Waals surface area contributed by atoms with Gasteiger partial charge in [-0.1, -0.05) is 36.4 Å². The fourth-order valence-corrected chi connectivity index (χ4v) is 1.85. The topological polar surface area (TPSA) is 82.9 Å². The van der Waals surface area contributed by atoms with Crippen molar-refractivity contribution in [2.75, 3.05) is 7.11 Å². The van der Waals surface area contributed by atoms with Crippen LogP contribution in [0.4, 0.5) is 0 Å². The third-order valence-electron chi connectivity index (χ3n) is 2.91. The van der Waals surface area contributed by atoms with E-state index in [1.165, 1.54) is 0 Å². The van der Waals surface area contributed by atoms with Gasteiger partial charge in [0.15, 0.2) is 17.5 Å². The zero-order chi connectivity index (χ0) is 15.1. The monoisotopic (exact) mass is 365 g/mol. The molecule has 0 heterocycles. The normalized spacial score (nSPS) is 9.50. The van der Waals surface area contributed by atoms with Crippen LogP contribution in [-0.2, 0) is 13.2 Å². The molecule has 2 aromatic rings. The van der Waals surface area contributed by atoms with Crippen LogP contribution in [-0.4, -0.2) is 13.1 Å². The van der Waals surface area contributed by atoms with Crippen molar-refractivity contribution in [3.8, 4) is 11.5 Å². The number of rotatable bonds is 6. The van der Waals surface area contributed by atoms with Crippen LogP contribution in [0.1, 0.15) is 11.1 Å². The van der Waals surface area contributed by atoms with Gasteiger partial charge >= 0.3 is 0 Å². The van der Waals surface area contributed by atoms with Crippen molar-refractivity contribution in [2.24, 2.45) is 16.5 Å². The van der Waals surface area contributed by atoms with Gasteiger partial charge in [-0.3, -0.25) is 0 Å². The standard InChI is InChI=1S/C16H19N3O2.BrH/c1-20-15-9-13(10-19-16(17)18)7-8-14(15)21-11-12-5-3-2-4-6-12;/h2-9H,10-11H2,1H3,(H4,17,18,19);1H. The Bertz CT molecular complexity index is 614. The quantitative estimate of drug-likeness (QED) is 0.608. The van der Waals surface area contributed by atoms with Crippen LogP contribution in [0.5, 0.6) is 11.5 Å². The van der Waals surface area contributed by atoms with Crippen molar-refractivity contribution in [3.05, 3.63) is 59.7 Å². The highest BCUT2D eigenvalue weighted by molar-refractivity contribution is 8.93. The molecule has 0 radical (unpaired) electrons. The lowest BCUT2D eigenvalue weighted by atomic mass is 10.2. The molecular formula is C16H20BrN3O2. The van der Waals surface area contributed by atoms with E-state index in [1.807, 2.05) is 48.5 Å². The molecule has 0 fully saturated rings. The number of nitrogens with zero attached hydrogens (tertiary/aromatic N) is 1. The summed E-state index contributed by atoms with van der Waals surface area (Å²) in [6, 6.07) is 15.6. The average Bonchev–Trinajstić information content (AvgIpc) is 2.52. The van der Waals surface area contributed by atoms with Gasteiger partial charge in [0.05, 0.1) is 13.7 Å². The Labute approximate surface area is 140 Å². The number of hydrogen-bond donors (Lipinski definition) is 2. The molecule has 0 bridgehead atoms. The summed E-state index contributed by atoms with van der Waals surface area (Å²) in [5, 5.41) is 0. The van der Waals surface area contributed by atoms with Crippen molar-refractivity contribution in [1.82, 2.24) is 0 Å². The minimum atomic E-state index is 0. The minimum absolute atomic E-state index is 0. The number of aliphatic imine (C=N–C) groups is 1. The Morgan fingerprint density at radius 3 is 2.36 bits per heavy atom. The van der Waals surface area contributed by atoms with E-state index >= 15 is 0 Å². The molecule has 0 aromatic heterocycles. The molecule has 118 valence electrons. The number of halogens is 1. The van der Waals surface area contributed by atoms with Gasteiger partial charge in [0, 0.05) is 0 Å². The number of hydrogen-bond acceptors (Lipinski definition) is 3. The summed E-state index contributed by atoms with van der Waals surface area (Å²) >= 11 is 0. The van der Waals surface area contributed by atoms with Gasteiger partial charge in [-0.2, -0.15) is 0 Å². The molecule has 0 saturated heterocycles. The third kappa shape index (κ3) is 5.29. The van der Waals surface area contributed by atoms with E-state index in [1.54, 1.807) is 7.11 Å². The molecule has 0 unspecified atom stereocenters. The predicted molar refractivity (Wildman–Crippen MR) is 93.6 cm³/mol. The number of nitrogens with two attached hydrogens (primary N) is 2. The summed E-state index contributed by atoms with van der Waals surface area (Å²) in [4.78, 5) is 3.97. The molecule has 0 saturated carbocycles. The van der Waals surface area contributed by atoms with Crippen molar-refractivity contribution in [1.29, 1.82) is 0 Å². The van der Waals surface area contributed by atoms with E-state index in [4.69, 9.17) is 20.9 Å². The van der Waals surface area contributed by atoms with Crippen LogP contribution in [0.15, 0.2) is 53.5 Å². The highest BCUT2D eigenvalue weighted by Gasteiger charge is 2.06. The molecule has 0 atom stereocenters. The van der Waals surface area contributed by atoms with Crippen LogP contribution in [0.2, 0.25) is 0 Å². The minimum Gasteiger partial charge on any atom is -0.493 e. The van der Waals surface area contributed by atoms with E-state index < -0.39 is 0 Å². The summed E-state index contributed by atoms with van der Waals surface area (Å²) in [5.41, 5.74) is 12.7. The Morgan fingerprint density at radius 1 is 1.00 bits per heavy atom. The van der Waals surface area contributed by atoms with E-state index in [9.17, 15) is 0 Å². The Balaban J connectivity index is 0.00000242. The Morgan fingerprint density at radius 2 is 1.73 bits per heavy atom. The number of methoxy groups -OCH3 is 1. The second-order valence-corrected chi connectivity index (χ2v) is 4.50. The average molecular weight is 366 g/mol. The zero-order valence-corrected chi connectivity index (χ0v) is 14.1. The summed E-state index contributed by atoms with van der Waals surface area (Å²) in [6.07, 6.45) is 0. The Kier molecular flexibility index (Phi) is 7.25. The Hall–Kier alpha value is -2.21. The second-order valence-electron chi connectivity index (χ2n) is 4.50. The molecule has 0 amide bonds. The van der Waals surface area contributed by atoms with E-state index in [2.05, 4.69) is 4.99 Å². The summed E-state index contributed by atoms with van der Waals surface area (Å²) < 4.78 is 11.1. The zero-order valence-electron chi connectivity index (χ0n) is 12.4. The van der Waals surface area contributed by atoms with E-state index in [-0.39, 0.29) is 22.9 Å². The van der Waals surface area contributed by atoms with Gasteiger partial charge in [0.2, 0.25) is 0 Å². The van der Waals surface area contributed by atoms with Crippen LogP contribution in [0.25, 0.3) is 0 Å². The maximum Gasteiger partial charge on any atom is 0.186 e. The van der Waals surface area contributed by atoms with Crippen LogP contribution < -0.4 is 20.9 Å². The highest BCUT2D eigenvalue weighted by atomic mass is 79.9. The molecule has 6 heteroatoms. The van der Waals surface area contributed by atoms with Gasteiger partial charge in [-0.15, -0.1) is 17.0 Å². The van der Waals surface area contributed by atoms with Crippen molar-refractivity contribution < 1.29 is 9.47 Å². The highest BCUT2D eigenvalue weighted by Crippen LogP contribution is 2.29. The second kappa shape index (κ2) is 8.94. The molecular weight excluding hydrogens is 346 g/mol. The van der Waals surface area contributed by atoms with Gasteiger partial charge < -0.3 is 20.9 Å².